The van der Waals surface area contributed by atoms with E-state index in [9.17, 15) is 36.2 Å². The average molecular weight is 360 g/mol. The minimum absolute atomic E-state index is 0.390. The molecule has 0 bridgehead atoms. The van der Waals surface area contributed by atoms with Crippen LogP contribution >= 0.6 is 0 Å². The van der Waals surface area contributed by atoms with E-state index in [1.165, 1.54) is 0 Å². The molecule has 0 aliphatic carbocycles. The van der Waals surface area contributed by atoms with Crippen LogP contribution in [0, 0.1) is 0 Å². The maximum Gasteiger partial charge on any atom is 0.421 e. The summed E-state index contributed by atoms with van der Waals surface area (Å²) in [6.45, 7) is 0. The number of ether oxygens (including phenoxy) is 2. The molecule has 0 aliphatic heterocycles. The molecular weight excluding hydrogens is 346 g/mol. The van der Waals surface area contributed by atoms with Crippen LogP contribution in [0.25, 0.3) is 0 Å². The van der Waals surface area contributed by atoms with Gasteiger partial charge < -0.3 is 14.6 Å². The van der Waals surface area contributed by atoms with Crippen molar-refractivity contribution in [2.24, 2.45) is 0 Å². The van der Waals surface area contributed by atoms with Crippen molar-refractivity contribution in [2.45, 2.75) is 30.7 Å². The van der Waals surface area contributed by atoms with Crippen molar-refractivity contribution in [3.05, 3.63) is 35.4 Å². The number of rotatable bonds is 6. The van der Waals surface area contributed by atoms with E-state index in [2.05, 4.69) is 9.47 Å². The molecule has 0 amide bonds. The number of carbonyl (C=O) groups excluding carboxylic acids is 1. The Hall–Kier alpha value is -1.65. The second kappa shape index (κ2) is 7.08. The van der Waals surface area contributed by atoms with Crippen molar-refractivity contribution >= 4 is 5.78 Å². The van der Waals surface area contributed by atoms with Gasteiger partial charge in [-0.15, -0.1) is 0 Å². The second-order valence-electron chi connectivity index (χ2n) is 4.88. The number of hydrogen-bond donors (Lipinski definition) is 1. The Labute approximate surface area is 133 Å². The van der Waals surface area contributed by atoms with E-state index in [-0.39, 0.29) is 0 Å². The van der Waals surface area contributed by atoms with E-state index in [0.717, 1.165) is 14.2 Å². The van der Waals surface area contributed by atoms with Gasteiger partial charge in [-0.25, -0.2) is 0 Å². The topological polar surface area (TPSA) is 55.8 Å². The Kier molecular flexibility index (Phi) is 6.01. The number of hydrogen-bond acceptors (Lipinski definition) is 4. The molecule has 0 aromatic heterocycles. The van der Waals surface area contributed by atoms with Gasteiger partial charge in [-0.1, -0.05) is 12.1 Å². The molecule has 1 N–H and O–H groups in total. The van der Waals surface area contributed by atoms with E-state index >= 15 is 0 Å². The van der Waals surface area contributed by atoms with E-state index in [1.807, 2.05) is 0 Å². The fourth-order valence-corrected chi connectivity index (χ4v) is 2.00. The predicted octanol–water partition coefficient (Wildman–Crippen LogP) is 3.03. The quantitative estimate of drug-likeness (QED) is 0.626. The largest absolute Gasteiger partial charge is 0.421 e. The number of halogens is 6. The highest BCUT2D eigenvalue weighted by atomic mass is 19.4. The summed E-state index contributed by atoms with van der Waals surface area (Å²) in [7, 11) is 2.02. The van der Waals surface area contributed by atoms with Crippen LogP contribution in [0.1, 0.15) is 17.5 Å². The summed E-state index contributed by atoms with van der Waals surface area (Å²) in [6.07, 6.45) is -13.2. The average Bonchev–Trinajstić information content (AvgIpc) is 2.46. The molecule has 0 aliphatic rings. The van der Waals surface area contributed by atoms with Crippen LogP contribution in [0.4, 0.5) is 26.3 Å². The zero-order chi connectivity index (χ0) is 18.8. The van der Waals surface area contributed by atoms with Gasteiger partial charge >= 0.3 is 12.4 Å². The molecule has 0 fully saturated rings. The summed E-state index contributed by atoms with van der Waals surface area (Å²) < 4.78 is 86.2. The minimum atomic E-state index is -5.31. The van der Waals surface area contributed by atoms with E-state index in [4.69, 9.17) is 0 Å². The van der Waals surface area contributed by atoms with Crippen LogP contribution in [0.5, 0.6) is 0 Å². The molecule has 24 heavy (non-hydrogen) atoms. The van der Waals surface area contributed by atoms with Gasteiger partial charge in [0.1, 0.15) is 0 Å². The molecule has 136 valence electrons. The molecule has 0 unspecified atom stereocenters. The molecule has 1 aromatic rings. The maximum atomic E-state index is 13.3. The van der Waals surface area contributed by atoms with Crippen LogP contribution < -0.4 is 0 Å². The number of ketones is 1. The van der Waals surface area contributed by atoms with Gasteiger partial charge in [-0.05, 0) is 17.7 Å². The molecule has 0 spiro atoms. The van der Waals surface area contributed by atoms with E-state index in [1.54, 1.807) is 0 Å². The highest BCUT2D eigenvalue weighted by molar-refractivity contribution is 5.83. The first-order chi connectivity index (χ1) is 10.9. The first kappa shape index (κ1) is 20.4. The van der Waals surface area contributed by atoms with Crippen molar-refractivity contribution in [3.8, 4) is 0 Å². The van der Waals surface area contributed by atoms with Crippen LogP contribution in [-0.2, 0) is 26.0 Å². The molecule has 0 saturated heterocycles. The van der Waals surface area contributed by atoms with Crippen molar-refractivity contribution < 1.29 is 45.7 Å². The third kappa shape index (κ3) is 4.25. The standard InChI is InChI=1S/C14H14F6O4/c1-23-11(24-2)10(21)7-12(22,14(18,19)20)8-3-5-9(6-4-8)13(15,16)17/h3-6,11,22H,7H2,1-2H3/t12-/m1/s1. The lowest BCUT2D eigenvalue weighted by atomic mass is 9.87. The minimum Gasteiger partial charge on any atom is -0.376 e. The van der Waals surface area contributed by atoms with Gasteiger partial charge in [0.15, 0.2) is 11.4 Å². The predicted molar refractivity (Wildman–Crippen MR) is 68.8 cm³/mol. The van der Waals surface area contributed by atoms with Gasteiger partial charge in [0.25, 0.3) is 0 Å². The Morgan fingerprint density at radius 2 is 1.42 bits per heavy atom. The molecule has 0 heterocycles. The Morgan fingerprint density at radius 3 is 1.75 bits per heavy atom. The van der Waals surface area contributed by atoms with Gasteiger partial charge in [0.2, 0.25) is 6.29 Å². The smallest absolute Gasteiger partial charge is 0.376 e. The Morgan fingerprint density at radius 1 is 1.00 bits per heavy atom. The van der Waals surface area contributed by atoms with Crippen LogP contribution in [0.15, 0.2) is 24.3 Å². The summed E-state index contributed by atoms with van der Waals surface area (Å²) in [6, 6.07) is 1.72. The summed E-state index contributed by atoms with van der Waals surface area (Å²) in [5.74, 6) is -1.22. The lowest BCUT2D eigenvalue weighted by molar-refractivity contribution is -0.269. The maximum absolute atomic E-state index is 13.3. The van der Waals surface area contributed by atoms with Gasteiger partial charge in [0, 0.05) is 14.2 Å². The van der Waals surface area contributed by atoms with Crippen LogP contribution in [-0.4, -0.2) is 37.6 Å². The highest BCUT2D eigenvalue weighted by Crippen LogP contribution is 2.43. The zero-order valence-electron chi connectivity index (χ0n) is 12.5. The first-order valence-electron chi connectivity index (χ1n) is 6.42. The summed E-state index contributed by atoms with van der Waals surface area (Å²) in [5.41, 5.74) is -5.76. The van der Waals surface area contributed by atoms with Crippen molar-refractivity contribution in [1.29, 1.82) is 0 Å². The Balaban J connectivity index is 3.24. The third-order valence-electron chi connectivity index (χ3n) is 3.28. The van der Waals surface area contributed by atoms with Crippen LogP contribution in [0.3, 0.4) is 0 Å². The van der Waals surface area contributed by atoms with E-state index in [0.29, 0.717) is 24.3 Å². The summed E-state index contributed by atoms with van der Waals surface area (Å²) >= 11 is 0. The number of Topliss-reactive ketones (excluding diaryl/α,β-unsaturated/α-hetero) is 1. The number of methoxy groups -OCH3 is 2. The third-order valence-corrected chi connectivity index (χ3v) is 3.28. The normalized spacial score (nSPS) is 15.4. The first-order valence-corrected chi connectivity index (χ1v) is 6.42. The fourth-order valence-electron chi connectivity index (χ4n) is 2.00. The number of carbonyl (C=O) groups is 1. The number of alkyl halides is 6. The van der Waals surface area contributed by atoms with Crippen LogP contribution in [0.2, 0.25) is 0 Å². The zero-order valence-corrected chi connectivity index (χ0v) is 12.5. The van der Waals surface area contributed by atoms with Gasteiger partial charge in [0.05, 0.1) is 12.0 Å². The Bertz CT molecular complexity index is 562. The fraction of sp³-hybridized carbons (Fsp3) is 0.500. The molecule has 1 rings (SSSR count). The highest BCUT2D eigenvalue weighted by Gasteiger charge is 2.56. The molecule has 1 atom stereocenters. The molecule has 1 aromatic carbocycles. The summed E-state index contributed by atoms with van der Waals surface area (Å²) in [5, 5.41) is 9.98. The molecule has 0 radical (unpaired) electrons. The molecule has 4 nitrogen and oxygen atoms in total. The number of benzene rings is 1. The second-order valence-corrected chi connectivity index (χ2v) is 4.88. The lowest BCUT2D eigenvalue weighted by Gasteiger charge is -2.31. The van der Waals surface area contributed by atoms with Gasteiger partial charge in [-0.3, -0.25) is 4.79 Å². The number of aliphatic hydroxyl groups is 1. The van der Waals surface area contributed by atoms with Crippen molar-refractivity contribution in [2.75, 3.05) is 14.2 Å². The molecular formula is C14H14F6O4. The lowest BCUT2D eigenvalue weighted by Crippen LogP contribution is -2.46. The SMILES string of the molecule is COC(OC)C(=O)C[C@@](O)(c1ccc(C(F)(F)F)cc1)C(F)(F)F. The van der Waals surface area contributed by atoms with Gasteiger partial charge in [-0.2, -0.15) is 26.3 Å². The summed E-state index contributed by atoms with van der Waals surface area (Å²) in [4.78, 5) is 11.8. The van der Waals surface area contributed by atoms with Crippen molar-refractivity contribution in [1.82, 2.24) is 0 Å². The molecule has 0 saturated carbocycles. The molecule has 10 heteroatoms. The van der Waals surface area contributed by atoms with Crippen molar-refractivity contribution in [3.63, 3.8) is 0 Å². The monoisotopic (exact) mass is 360 g/mol. The van der Waals surface area contributed by atoms with E-state index < -0.39 is 47.6 Å².